The Bertz CT molecular complexity index is 3270. The van der Waals surface area contributed by atoms with E-state index in [0.717, 1.165) is 29.3 Å². The van der Waals surface area contributed by atoms with Crippen LogP contribution in [0.15, 0.2) is 75.0 Å². The second-order valence-corrected chi connectivity index (χ2v) is 21.9. The predicted octanol–water partition coefficient (Wildman–Crippen LogP) is 7.85. The van der Waals surface area contributed by atoms with Crippen molar-refractivity contribution in [2.45, 2.75) is 84.7 Å². The molecule has 2 N–H and O–H groups in total. The normalized spacial score (nSPS) is 19.9. The zero-order valence-corrected chi connectivity index (χ0v) is 39.5. The van der Waals surface area contributed by atoms with Crippen LogP contribution in [0, 0.1) is 31.4 Å². The van der Waals surface area contributed by atoms with Gasteiger partial charge in [0.2, 0.25) is 0 Å². The van der Waals surface area contributed by atoms with Crippen molar-refractivity contribution in [2.24, 2.45) is 5.92 Å². The number of imidazole rings is 1. The summed E-state index contributed by atoms with van der Waals surface area (Å²) in [6.45, 7) is 12.6. The Morgan fingerprint density at radius 1 is 0.970 bits per heavy atom. The van der Waals surface area contributed by atoms with Gasteiger partial charge in [-0.3, -0.25) is 23.4 Å². The van der Waals surface area contributed by atoms with E-state index in [0.29, 0.717) is 95.0 Å². The molecule has 0 unspecified atom stereocenters. The number of aromatic nitrogens is 7. The molecule has 7 aromatic rings. The summed E-state index contributed by atoms with van der Waals surface area (Å²) in [6.07, 6.45) is 6.42. The number of nitrogens with zero attached hydrogens (tertiary/aromatic N) is 7. The van der Waals surface area contributed by atoms with E-state index in [9.17, 15) is 14.2 Å². The fourth-order valence-corrected chi connectivity index (χ4v) is 12.9. The molecule has 10 rings (SSSR count). The molecule has 0 bridgehead atoms. The molecule has 350 valence electrons. The van der Waals surface area contributed by atoms with Gasteiger partial charge in [-0.15, -0.1) is 0 Å². The van der Waals surface area contributed by atoms with Crippen molar-refractivity contribution in [1.82, 2.24) is 38.5 Å². The molecule has 1 saturated carbocycles. The minimum atomic E-state index is -2.92. The van der Waals surface area contributed by atoms with Gasteiger partial charge in [0.05, 0.1) is 28.8 Å². The molecule has 0 spiro atoms. The number of nitrogens with one attached hydrogen (secondary N) is 2. The third-order valence-corrected chi connectivity index (χ3v) is 18.0. The molecule has 1 saturated heterocycles. The highest BCUT2D eigenvalue weighted by molar-refractivity contribution is 7.71. The Labute approximate surface area is 385 Å². The average molecular weight is 934 g/mol. The van der Waals surface area contributed by atoms with Crippen molar-refractivity contribution in [3.05, 3.63) is 133 Å². The molecule has 4 aromatic heterocycles. The lowest BCUT2D eigenvalue weighted by Crippen LogP contribution is -2.41. The molecule has 1 aliphatic carbocycles. The number of carbonyl (C=O) groups excluding carboxylic acids is 1. The van der Waals surface area contributed by atoms with E-state index in [2.05, 4.69) is 34.5 Å². The lowest BCUT2D eigenvalue weighted by molar-refractivity contribution is 0.0663. The fourth-order valence-electron chi connectivity index (χ4n) is 10.8. The van der Waals surface area contributed by atoms with E-state index < -0.39 is 36.0 Å². The van der Waals surface area contributed by atoms with Gasteiger partial charge in [-0.2, -0.15) is 5.10 Å². The number of halogens is 2. The number of aryl methyl sites for hydroxylation is 2. The molecule has 67 heavy (non-hydrogen) atoms. The topological polar surface area (TPSA) is 167 Å². The van der Waals surface area contributed by atoms with Crippen LogP contribution >= 0.6 is 7.14 Å². The number of anilines is 1. The summed E-state index contributed by atoms with van der Waals surface area (Å²) in [5.41, 5.74) is 3.42. The molecular weight excluding hydrogens is 880 g/mol. The number of fused-ring (bicyclic) bond motifs is 2. The van der Waals surface area contributed by atoms with Crippen molar-refractivity contribution < 1.29 is 27.4 Å². The molecule has 2 fully saturated rings. The number of amides is 1. The van der Waals surface area contributed by atoms with Gasteiger partial charge in [0, 0.05) is 79.7 Å². The zero-order chi connectivity index (χ0) is 47.3. The molecule has 6 heterocycles. The Balaban J connectivity index is 1.12. The van der Waals surface area contributed by atoms with Crippen LogP contribution in [0.5, 0.6) is 0 Å². The summed E-state index contributed by atoms with van der Waals surface area (Å²) in [6, 6.07) is 14.0. The van der Waals surface area contributed by atoms with Crippen LogP contribution in [0.1, 0.15) is 103 Å². The van der Waals surface area contributed by atoms with E-state index >= 15 is 13.6 Å². The summed E-state index contributed by atoms with van der Waals surface area (Å²) in [5, 5.41) is 13.4. The first-order valence-corrected chi connectivity index (χ1v) is 25.1. The van der Waals surface area contributed by atoms with Crippen LogP contribution in [0.25, 0.3) is 28.1 Å². The van der Waals surface area contributed by atoms with E-state index in [1.165, 1.54) is 27.6 Å². The number of hydrogen-bond acceptors (Lipinski definition) is 9. The quantitative estimate of drug-likeness (QED) is 0.123. The van der Waals surface area contributed by atoms with Crippen molar-refractivity contribution in [2.75, 3.05) is 44.4 Å². The molecule has 0 radical (unpaired) electrons. The highest BCUT2D eigenvalue weighted by atomic mass is 31.2. The van der Waals surface area contributed by atoms with Gasteiger partial charge >= 0.3 is 11.4 Å². The largest absolute Gasteiger partial charge is 0.438 e. The number of hydrogen-bond donors (Lipinski definition) is 2. The summed E-state index contributed by atoms with van der Waals surface area (Å²) in [5.74, 6) is -1.08. The first kappa shape index (κ1) is 44.5. The Morgan fingerprint density at radius 2 is 1.67 bits per heavy atom. The molecular formula is C49H54F2N9O6P. The maximum absolute atomic E-state index is 16.6. The average Bonchev–Trinajstić information content (AvgIpc) is 3.82. The Kier molecular flexibility index (Phi) is 10.9. The maximum Gasteiger partial charge on any atom is 0.438 e. The maximum atomic E-state index is 16.6. The number of ether oxygens (including phenoxy) is 1. The lowest BCUT2D eigenvalue weighted by Gasteiger charge is -2.34. The van der Waals surface area contributed by atoms with Gasteiger partial charge in [-0.1, -0.05) is 32.0 Å². The molecule has 15 nitrogen and oxygen atoms in total. The van der Waals surface area contributed by atoms with Crippen molar-refractivity contribution in [3.8, 4) is 17.2 Å². The number of rotatable bonds is 11. The Hall–Kier alpha value is -6.32. The fraction of sp³-hybridized carbons (Fsp3) is 0.408. The first-order chi connectivity index (χ1) is 32.1. The number of H-pyrrole nitrogens is 1. The highest BCUT2D eigenvalue weighted by Gasteiger charge is 2.59. The van der Waals surface area contributed by atoms with Crippen LogP contribution < -0.4 is 22.1 Å². The van der Waals surface area contributed by atoms with Crippen LogP contribution in [0.3, 0.4) is 0 Å². The van der Waals surface area contributed by atoms with Gasteiger partial charge in [0.25, 0.3) is 5.91 Å². The van der Waals surface area contributed by atoms with E-state index in [1.807, 2.05) is 37.5 Å². The second kappa shape index (κ2) is 16.5. The van der Waals surface area contributed by atoms with Crippen LogP contribution in [-0.2, 0) is 21.3 Å². The van der Waals surface area contributed by atoms with Crippen molar-refractivity contribution >= 4 is 34.9 Å². The molecule has 3 atom stereocenters. The van der Waals surface area contributed by atoms with Crippen LogP contribution in [0.2, 0.25) is 0 Å². The minimum Gasteiger partial charge on any atom is -0.385 e. The zero-order valence-electron chi connectivity index (χ0n) is 38.7. The summed E-state index contributed by atoms with van der Waals surface area (Å²) in [4.78, 5) is 47.3. The van der Waals surface area contributed by atoms with Crippen molar-refractivity contribution in [3.63, 3.8) is 0 Å². The third kappa shape index (κ3) is 6.90. The van der Waals surface area contributed by atoms with Gasteiger partial charge in [-0.25, -0.2) is 23.1 Å². The SMILES string of the molecule is CCP(=O)(CC)c1ccc(-n2ccn(-c3c4c(nn3-c3cc(C)c(F)c(C)c3)CCN(C(=O)c3cc5cc(C6CCOCC6)ccc5n3[C@@]3(c5noc(=O)[nH]5)C[C@@H]3C)[C@H]4C)c2=O)c(F)c1NC. The summed E-state index contributed by atoms with van der Waals surface area (Å²) < 4.78 is 62.5. The molecule has 2 aliphatic heterocycles. The smallest absolute Gasteiger partial charge is 0.385 e. The summed E-state index contributed by atoms with van der Waals surface area (Å²) in [7, 11) is -1.36. The highest BCUT2D eigenvalue weighted by Crippen LogP contribution is 2.56. The van der Waals surface area contributed by atoms with Crippen LogP contribution in [-0.4, -0.2) is 83.6 Å². The number of aromatic amines is 1. The van der Waals surface area contributed by atoms with Gasteiger partial charge in [0.15, 0.2) is 11.6 Å². The number of benzene rings is 3. The number of carbonyl (C=O) groups is 1. The molecule has 3 aliphatic rings. The van der Waals surface area contributed by atoms with Gasteiger partial charge in [-0.05, 0) is 111 Å². The standard InChI is InChI=1S/C49H54F2N9O6P/c1-8-67(64,9-2)39-13-12-37(42(51)43(39)52-7)57-18-19-58(48(57)63)44-40-30(6)56(17-14-35(40)54-60(44)34-22-27(3)41(50)28(4)23-34)45(61)38-25-33-24-32(31-15-20-65-21-16-31)10-11-36(33)59(38)49(26-29(49)5)46-53-47(62)66-55-46/h10-13,18-19,22-25,29-31,52H,8-9,14-17,20-21,26H2,1-7H3,(H,53,55,62)/t29-,30-,49-/m0/s1. The predicted molar refractivity (Wildman–Crippen MR) is 252 cm³/mol. The molecule has 1 amide bonds. The van der Waals surface area contributed by atoms with E-state index in [4.69, 9.17) is 14.4 Å². The molecule has 18 heteroatoms. The second-order valence-electron chi connectivity index (χ2n) is 18.3. The Morgan fingerprint density at radius 3 is 2.31 bits per heavy atom. The third-order valence-electron chi connectivity index (χ3n) is 14.7. The monoisotopic (exact) mass is 933 g/mol. The van der Waals surface area contributed by atoms with E-state index in [-0.39, 0.29) is 35.6 Å². The lowest BCUT2D eigenvalue weighted by atomic mass is 9.91. The van der Waals surface area contributed by atoms with Gasteiger partial charge in [0.1, 0.15) is 30.0 Å². The van der Waals surface area contributed by atoms with E-state index in [1.54, 1.807) is 48.7 Å². The molecule has 3 aromatic carbocycles. The first-order valence-electron chi connectivity index (χ1n) is 23.0. The van der Waals surface area contributed by atoms with Crippen molar-refractivity contribution in [1.29, 1.82) is 0 Å². The summed E-state index contributed by atoms with van der Waals surface area (Å²) >= 11 is 0. The van der Waals surface area contributed by atoms with Gasteiger partial charge < -0.3 is 24.1 Å². The minimum absolute atomic E-state index is 0.00708. The van der Waals surface area contributed by atoms with Crippen LogP contribution in [0.4, 0.5) is 14.5 Å².